The molecule has 2 rings (SSSR count). The van der Waals surface area contributed by atoms with Gasteiger partial charge in [0, 0.05) is 5.02 Å². The monoisotopic (exact) mass is 318 g/mol. The standard InChI is InChI=1S/C11H9BrClFN2O/c1-2-8(12)11-16-15-10(17-11)7-5-6(13)3-4-9(7)14/h3-5,8H,2H2,1H3. The summed E-state index contributed by atoms with van der Waals surface area (Å²) in [6.45, 7) is 1.98. The molecule has 0 saturated carbocycles. The molecule has 0 saturated heterocycles. The van der Waals surface area contributed by atoms with Crippen LogP contribution in [0.25, 0.3) is 11.5 Å². The largest absolute Gasteiger partial charge is 0.419 e. The van der Waals surface area contributed by atoms with Gasteiger partial charge in [0.25, 0.3) is 5.89 Å². The topological polar surface area (TPSA) is 38.9 Å². The van der Waals surface area contributed by atoms with Crippen molar-refractivity contribution in [2.45, 2.75) is 18.2 Å². The van der Waals surface area contributed by atoms with E-state index in [1.807, 2.05) is 6.92 Å². The lowest BCUT2D eigenvalue weighted by Crippen LogP contribution is -1.86. The molecular weight excluding hydrogens is 310 g/mol. The average Bonchev–Trinajstić information content (AvgIpc) is 2.80. The molecule has 0 radical (unpaired) electrons. The maximum absolute atomic E-state index is 13.5. The Morgan fingerprint density at radius 2 is 2.24 bits per heavy atom. The highest BCUT2D eigenvalue weighted by molar-refractivity contribution is 9.09. The van der Waals surface area contributed by atoms with Crippen LogP contribution >= 0.6 is 27.5 Å². The van der Waals surface area contributed by atoms with Gasteiger partial charge >= 0.3 is 0 Å². The van der Waals surface area contributed by atoms with Crippen LogP contribution in [0.3, 0.4) is 0 Å². The van der Waals surface area contributed by atoms with Gasteiger partial charge in [-0.2, -0.15) is 0 Å². The zero-order valence-corrected chi connectivity index (χ0v) is 11.3. The average molecular weight is 320 g/mol. The van der Waals surface area contributed by atoms with Crippen LogP contribution < -0.4 is 0 Å². The molecule has 1 atom stereocenters. The molecule has 0 bridgehead atoms. The SMILES string of the molecule is CCC(Br)c1nnc(-c2cc(Cl)ccc2F)o1. The quantitative estimate of drug-likeness (QED) is 0.788. The third kappa shape index (κ3) is 2.66. The number of hydrogen-bond donors (Lipinski definition) is 0. The predicted molar refractivity (Wildman–Crippen MR) is 66.7 cm³/mol. The molecule has 2 aromatic rings. The van der Waals surface area contributed by atoms with E-state index in [0.29, 0.717) is 10.9 Å². The van der Waals surface area contributed by atoms with Crippen molar-refractivity contribution in [3.05, 3.63) is 34.9 Å². The third-order valence-electron chi connectivity index (χ3n) is 2.23. The van der Waals surface area contributed by atoms with Gasteiger partial charge in [0.15, 0.2) is 0 Å². The Labute approximate surface area is 111 Å². The minimum Gasteiger partial charge on any atom is -0.419 e. The van der Waals surface area contributed by atoms with Gasteiger partial charge in [-0.3, -0.25) is 0 Å². The molecule has 17 heavy (non-hydrogen) atoms. The van der Waals surface area contributed by atoms with Gasteiger partial charge < -0.3 is 4.42 Å². The Kier molecular flexibility index (Phi) is 3.79. The molecule has 1 aromatic carbocycles. The van der Waals surface area contributed by atoms with E-state index in [2.05, 4.69) is 26.1 Å². The van der Waals surface area contributed by atoms with Crippen molar-refractivity contribution < 1.29 is 8.81 Å². The molecule has 0 aliphatic rings. The number of hydrogen-bond acceptors (Lipinski definition) is 3. The van der Waals surface area contributed by atoms with Crippen molar-refractivity contribution in [2.24, 2.45) is 0 Å². The molecule has 6 heteroatoms. The summed E-state index contributed by atoms with van der Waals surface area (Å²) in [5, 5.41) is 8.10. The van der Waals surface area contributed by atoms with Crippen molar-refractivity contribution >= 4 is 27.5 Å². The molecule has 0 fully saturated rings. The van der Waals surface area contributed by atoms with Crippen LogP contribution in [-0.2, 0) is 0 Å². The lowest BCUT2D eigenvalue weighted by Gasteiger charge is -1.99. The Hall–Kier alpha value is -0.940. The summed E-state index contributed by atoms with van der Waals surface area (Å²) < 4.78 is 18.9. The second-order valence-electron chi connectivity index (χ2n) is 3.45. The normalized spacial score (nSPS) is 12.7. The summed E-state index contributed by atoms with van der Waals surface area (Å²) in [5.74, 6) is 0.131. The number of halogens is 3. The lowest BCUT2D eigenvalue weighted by molar-refractivity contribution is 0.496. The fourth-order valence-corrected chi connectivity index (χ4v) is 1.66. The van der Waals surface area contributed by atoms with Crippen LogP contribution in [0.1, 0.15) is 24.1 Å². The summed E-state index contributed by atoms with van der Waals surface area (Å²) in [6, 6.07) is 4.20. The zero-order chi connectivity index (χ0) is 12.4. The van der Waals surface area contributed by atoms with E-state index in [0.717, 1.165) is 6.42 Å². The Morgan fingerprint density at radius 3 is 2.94 bits per heavy atom. The minimum atomic E-state index is -0.438. The van der Waals surface area contributed by atoms with Crippen LogP contribution in [-0.4, -0.2) is 10.2 Å². The number of nitrogens with zero attached hydrogens (tertiary/aromatic N) is 2. The first-order valence-electron chi connectivity index (χ1n) is 5.04. The van der Waals surface area contributed by atoms with Gasteiger partial charge in [0.2, 0.25) is 5.89 Å². The summed E-state index contributed by atoms with van der Waals surface area (Å²) >= 11 is 9.19. The van der Waals surface area contributed by atoms with Crippen molar-refractivity contribution in [1.82, 2.24) is 10.2 Å². The highest BCUT2D eigenvalue weighted by Crippen LogP contribution is 2.29. The first-order valence-corrected chi connectivity index (χ1v) is 6.34. The van der Waals surface area contributed by atoms with Crippen LogP contribution in [0.2, 0.25) is 5.02 Å². The number of alkyl halides is 1. The summed E-state index contributed by atoms with van der Waals surface area (Å²) in [7, 11) is 0. The van der Waals surface area contributed by atoms with E-state index >= 15 is 0 Å². The second kappa shape index (κ2) is 5.14. The predicted octanol–water partition coefficient (Wildman–Crippen LogP) is 4.38. The third-order valence-corrected chi connectivity index (χ3v) is 3.50. The molecule has 90 valence electrons. The van der Waals surface area contributed by atoms with E-state index < -0.39 is 5.82 Å². The Morgan fingerprint density at radius 1 is 1.47 bits per heavy atom. The molecule has 0 amide bonds. The second-order valence-corrected chi connectivity index (χ2v) is 4.99. The van der Waals surface area contributed by atoms with Crippen molar-refractivity contribution in [2.75, 3.05) is 0 Å². The fraction of sp³-hybridized carbons (Fsp3) is 0.273. The molecule has 3 nitrogen and oxygen atoms in total. The van der Waals surface area contributed by atoms with E-state index in [1.165, 1.54) is 18.2 Å². The van der Waals surface area contributed by atoms with Gasteiger partial charge in [-0.15, -0.1) is 10.2 Å². The Balaban J connectivity index is 2.40. The van der Waals surface area contributed by atoms with E-state index in [1.54, 1.807) is 0 Å². The van der Waals surface area contributed by atoms with E-state index in [9.17, 15) is 4.39 Å². The zero-order valence-electron chi connectivity index (χ0n) is 8.95. The van der Waals surface area contributed by atoms with Crippen LogP contribution in [0.5, 0.6) is 0 Å². The van der Waals surface area contributed by atoms with Crippen LogP contribution in [0, 0.1) is 5.82 Å². The summed E-state index contributed by atoms with van der Waals surface area (Å²) in [6.07, 6.45) is 0.805. The van der Waals surface area contributed by atoms with Gasteiger partial charge in [0.1, 0.15) is 5.82 Å². The molecule has 0 aliphatic carbocycles. The number of benzene rings is 1. The van der Waals surface area contributed by atoms with E-state index in [-0.39, 0.29) is 16.3 Å². The number of aromatic nitrogens is 2. The first kappa shape index (κ1) is 12.5. The molecule has 0 N–H and O–H groups in total. The summed E-state index contributed by atoms with van der Waals surface area (Å²) in [5.41, 5.74) is 0.215. The van der Waals surface area contributed by atoms with Crippen molar-refractivity contribution in [3.8, 4) is 11.5 Å². The van der Waals surface area contributed by atoms with E-state index in [4.69, 9.17) is 16.0 Å². The molecule has 1 aromatic heterocycles. The molecule has 1 unspecified atom stereocenters. The van der Waals surface area contributed by atoms with Gasteiger partial charge in [0.05, 0.1) is 10.4 Å². The highest BCUT2D eigenvalue weighted by atomic mass is 79.9. The van der Waals surface area contributed by atoms with Gasteiger partial charge in [-0.1, -0.05) is 34.5 Å². The molecule has 0 aliphatic heterocycles. The maximum atomic E-state index is 13.5. The summed E-state index contributed by atoms with van der Waals surface area (Å²) in [4.78, 5) is -0.0222. The minimum absolute atomic E-state index is 0.0222. The van der Waals surface area contributed by atoms with Crippen molar-refractivity contribution in [3.63, 3.8) is 0 Å². The number of rotatable bonds is 3. The molecule has 1 heterocycles. The first-order chi connectivity index (χ1) is 8.11. The van der Waals surface area contributed by atoms with Crippen molar-refractivity contribution in [1.29, 1.82) is 0 Å². The molecule has 0 spiro atoms. The lowest BCUT2D eigenvalue weighted by atomic mass is 10.2. The maximum Gasteiger partial charge on any atom is 0.250 e. The van der Waals surface area contributed by atoms with Crippen LogP contribution in [0.15, 0.2) is 22.6 Å². The van der Waals surface area contributed by atoms with Gasteiger partial charge in [-0.05, 0) is 24.6 Å². The smallest absolute Gasteiger partial charge is 0.250 e. The highest BCUT2D eigenvalue weighted by Gasteiger charge is 2.17. The molecular formula is C11H9BrClFN2O. The Bertz CT molecular complexity index is 532. The fourth-order valence-electron chi connectivity index (χ4n) is 1.31. The van der Waals surface area contributed by atoms with Gasteiger partial charge in [-0.25, -0.2) is 4.39 Å². The van der Waals surface area contributed by atoms with Crippen LogP contribution in [0.4, 0.5) is 4.39 Å².